The van der Waals surface area contributed by atoms with Crippen molar-refractivity contribution in [2.75, 3.05) is 11.9 Å². The van der Waals surface area contributed by atoms with Gasteiger partial charge in [0.15, 0.2) is 5.13 Å². The van der Waals surface area contributed by atoms with E-state index in [0.717, 1.165) is 4.68 Å². The lowest BCUT2D eigenvalue weighted by atomic mass is 9.98. The Bertz CT molecular complexity index is 694. The highest BCUT2D eigenvalue weighted by molar-refractivity contribution is 7.13. The molecule has 0 aliphatic carbocycles. The summed E-state index contributed by atoms with van der Waals surface area (Å²) in [5.74, 6) is -0.844. The number of nitrogens with zero attached hydrogens (tertiary/aromatic N) is 4. The molecule has 5 nitrogen and oxygen atoms in total. The molecule has 2 aromatic heterocycles. The molecule has 0 aliphatic heterocycles. The standard InChI is InChI=1S/C14H17F3N4OS/c1-8(12(22)20(4)13-18-5-6-23-13)11-9(2)19-21(10(11)3)7-14(15,16)17/h5-6,8H,7H2,1-4H3/t8-/m0/s1. The second-order valence-corrected chi connectivity index (χ2v) is 6.16. The number of amides is 1. The average Bonchev–Trinajstić information content (AvgIpc) is 3.05. The van der Waals surface area contributed by atoms with E-state index in [1.807, 2.05) is 0 Å². The lowest BCUT2D eigenvalue weighted by Crippen LogP contribution is -2.30. The number of alkyl halides is 3. The molecule has 0 radical (unpaired) electrons. The quantitative estimate of drug-likeness (QED) is 0.854. The van der Waals surface area contributed by atoms with Crippen LogP contribution in [0.2, 0.25) is 0 Å². The number of rotatable bonds is 4. The van der Waals surface area contributed by atoms with Crippen molar-refractivity contribution in [1.29, 1.82) is 0 Å². The molecule has 0 aromatic carbocycles. The van der Waals surface area contributed by atoms with Crippen LogP contribution in [0.4, 0.5) is 18.3 Å². The summed E-state index contributed by atoms with van der Waals surface area (Å²) < 4.78 is 38.7. The van der Waals surface area contributed by atoms with Gasteiger partial charge < -0.3 is 0 Å². The molecule has 2 aromatic rings. The Hall–Kier alpha value is -1.90. The van der Waals surface area contributed by atoms with E-state index in [-0.39, 0.29) is 5.91 Å². The number of hydrogen-bond acceptors (Lipinski definition) is 4. The summed E-state index contributed by atoms with van der Waals surface area (Å²) in [7, 11) is 1.60. The van der Waals surface area contributed by atoms with Gasteiger partial charge in [0.1, 0.15) is 6.54 Å². The SMILES string of the molecule is Cc1nn(CC(F)(F)F)c(C)c1[C@H](C)C(=O)N(C)c1nccs1. The van der Waals surface area contributed by atoms with Crippen molar-refractivity contribution in [3.05, 3.63) is 28.5 Å². The number of thiazole rings is 1. The Morgan fingerprint density at radius 1 is 1.43 bits per heavy atom. The highest BCUT2D eigenvalue weighted by Crippen LogP contribution is 2.29. The summed E-state index contributed by atoms with van der Waals surface area (Å²) in [6, 6.07) is 0. The largest absolute Gasteiger partial charge is 0.408 e. The third-order valence-corrected chi connectivity index (χ3v) is 4.45. The van der Waals surface area contributed by atoms with Gasteiger partial charge in [-0.3, -0.25) is 14.4 Å². The van der Waals surface area contributed by atoms with Crippen LogP contribution >= 0.6 is 11.3 Å². The topological polar surface area (TPSA) is 51.0 Å². The normalized spacial score (nSPS) is 13.2. The van der Waals surface area contributed by atoms with Crippen LogP contribution < -0.4 is 4.90 Å². The van der Waals surface area contributed by atoms with Gasteiger partial charge in [-0.05, 0) is 20.8 Å². The fourth-order valence-corrected chi connectivity index (χ4v) is 3.16. The molecule has 9 heteroatoms. The minimum absolute atomic E-state index is 0.238. The lowest BCUT2D eigenvalue weighted by molar-refractivity contribution is -0.142. The molecule has 0 fully saturated rings. The molecular formula is C14H17F3N4OS. The second-order valence-electron chi connectivity index (χ2n) is 5.29. The molecule has 2 heterocycles. The summed E-state index contributed by atoms with van der Waals surface area (Å²) in [5.41, 5.74) is 1.32. The number of likely N-dealkylation sites (N-methyl/N-ethyl adjacent to an activating group) is 1. The van der Waals surface area contributed by atoms with Crippen LogP contribution in [0, 0.1) is 13.8 Å². The second kappa shape index (κ2) is 6.31. The number of hydrogen-bond donors (Lipinski definition) is 0. The summed E-state index contributed by atoms with van der Waals surface area (Å²) >= 11 is 1.32. The zero-order valence-electron chi connectivity index (χ0n) is 13.2. The van der Waals surface area contributed by atoms with Crippen molar-refractivity contribution in [2.45, 2.75) is 39.4 Å². The molecule has 1 amide bonds. The summed E-state index contributed by atoms with van der Waals surface area (Å²) in [4.78, 5) is 18.1. The molecule has 0 bridgehead atoms. The van der Waals surface area contributed by atoms with E-state index >= 15 is 0 Å². The van der Waals surface area contributed by atoms with Crippen molar-refractivity contribution in [1.82, 2.24) is 14.8 Å². The van der Waals surface area contributed by atoms with Gasteiger partial charge in [-0.1, -0.05) is 0 Å². The first kappa shape index (κ1) is 17.5. The molecule has 0 saturated carbocycles. The van der Waals surface area contributed by atoms with E-state index in [1.165, 1.54) is 16.2 Å². The van der Waals surface area contributed by atoms with Crippen LogP contribution in [0.3, 0.4) is 0 Å². The monoisotopic (exact) mass is 346 g/mol. The fraction of sp³-hybridized carbons (Fsp3) is 0.500. The molecule has 126 valence electrons. The molecule has 1 atom stereocenters. The molecule has 0 unspecified atom stereocenters. The van der Waals surface area contributed by atoms with E-state index in [2.05, 4.69) is 10.1 Å². The van der Waals surface area contributed by atoms with Crippen LogP contribution in [-0.4, -0.2) is 33.9 Å². The highest BCUT2D eigenvalue weighted by atomic mass is 32.1. The molecule has 2 rings (SSSR count). The van der Waals surface area contributed by atoms with E-state index in [1.54, 1.807) is 39.4 Å². The molecular weight excluding hydrogens is 329 g/mol. The van der Waals surface area contributed by atoms with Crippen LogP contribution in [0.5, 0.6) is 0 Å². The van der Waals surface area contributed by atoms with Gasteiger partial charge in [-0.25, -0.2) is 4.98 Å². The molecule has 23 heavy (non-hydrogen) atoms. The predicted octanol–water partition coefficient (Wildman–Crippen LogP) is 3.29. The minimum atomic E-state index is -4.36. The summed E-state index contributed by atoms with van der Waals surface area (Å²) in [6.45, 7) is 3.67. The maximum Gasteiger partial charge on any atom is 0.408 e. The average molecular weight is 346 g/mol. The van der Waals surface area contributed by atoms with Gasteiger partial charge in [-0.2, -0.15) is 18.3 Å². The Balaban J connectivity index is 2.29. The Morgan fingerprint density at radius 2 is 2.09 bits per heavy atom. The number of carbonyl (C=O) groups excluding carboxylic acids is 1. The van der Waals surface area contributed by atoms with E-state index < -0.39 is 18.6 Å². The Labute approximate surface area is 135 Å². The maximum absolute atomic E-state index is 12.6. The Kier molecular flexibility index (Phi) is 4.79. The van der Waals surface area contributed by atoms with Crippen molar-refractivity contribution >= 4 is 22.4 Å². The number of halogens is 3. The van der Waals surface area contributed by atoms with Gasteiger partial charge in [0.25, 0.3) is 0 Å². The Morgan fingerprint density at radius 3 is 2.61 bits per heavy atom. The number of aromatic nitrogens is 3. The zero-order chi connectivity index (χ0) is 17.4. The fourth-order valence-electron chi connectivity index (χ4n) is 2.55. The van der Waals surface area contributed by atoms with Gasteiger partial charge in [0, 0.05) is 29.9 Å². The van der Waals surface area contributed by atoms with Crippen molar-refractivity contribution in [3.63, 3.8) is 0 Å². The van der Waals surface area contributed by atoms with E-state index in [0.29, 0.717) is 22.1 Å². The van der Waals surface area contributed by atoms with Crippen molar-refractivity contribution < 1.29 is 18.0 Å². The predicted molar refractivity (Wildman–Crippen MR) is 81.7 cm³/mol. The minimum Gasteiger partial charge on any atom is -0.291 e. The van der Waals surface area contributed by atoms with Gasteiger partial charge >= 0.3 is 6.18 Å². The number of anilines is 1. The third-order valence-electron chi connectivity index (χ3n) is 3.61. The first-order chi connectivity index (χ1) is 10.6. The van der Waals surface area contributed by atoms with E-state index in [4.69, 9.17) is 0 Å². The van der Waals surface area contributed by atoms with Crippen LogP contribution in [0.25, 0.3) is 0 Å². The van der Waals surface area contributed by atoms with Crippen LogP contribution in [0.1, 0.15) is 29.8 Å². The number of carbonyl (C=O) groups is 1. The summed E-state index contributed by atoms with van der Waals surface area (Å²) in [6.07, 6.45) is -2.77. The molecule has 0 saturated heterocycles. The summed E-state index contributed by atoms with van der Waals surface area (Å²) in [5, 5.41) is 6.23. The lowest BCUT2D eigenvalue weighted by Gasteiger charge is -2.19. The van der Waals surface area contributed by atoms with Gasteiger partial charge in [-0.15, -0.1) is 11.3 Å². The van der Waals surface area contributed by atoms with Gasteiger partial charge in [0.2, 0.25) is 5.91 Å². The van der Waals surface area contributed by atoms with Crippen molar-refractivity contribution in [3.8, 4) is 0 Å². The molecule has 0 N–H and O–H groups in total. The van der Waals surface area contributed by atoms with Crippen LogP contribution in [0.15, 0.2) is 11.6 Å². The number of aryl methyl sites for hydroxylation is 1. The smallest absolute Gasteiger partial charge is 0.291 e. The van der Waals surface area contributed by atoms with E-state index in [9.17, 15) is 18.0 Å². The maximum atomic E-state index is 12.6. The van der Waals surface area contributed by atoms with Crippen molar-refractivity contribution in [2.24, 2.45) is 0 Å². The molecule has 0 aliphatic rings. The zero-order valence-corrected chi connectivity index (χ0v) is 14.0. The van der Waals surface area contributed by atoms with Gasteiger partial charge in [0.05, 0.1) is 11.6 Å². The third kappa shape index (κ3) is 3.72. The first-order valence-electron chi connectivity index (χ1n) is 6.89. The molecule has 0 spiro atoms. The first-order valence-corrected chi connectivity index (χ1v) is 7.77. The highest BCUT2D eigenvalue weighted by Gasteiger charge is 2.32. The van der Waals surface area contributed by atoms with Crippen LogP contribution in [-0.2, 0) is 11.3 Å².